The van der Waals surface area contributed by atoms with Crippen molar-refractivity contribution in [3.8, 4) is 0 Å². The summed E-state index contributed by atoms with van der Waals surface area (Å²) in [6, 6.07) is 5.67. The molecule has 1 saturated carbocycles. The Hall–Kier alpha value is -0.870. The highest BCUT2D eigenvalue weighted by atomic mass is 79.9. The number of amides is 1. The average molecular weight is 312 g/mol. The molecule has 18 heavy (non-hydrogen) atoms. The molecule has 0 radical (unpaired) electrons. The van der Waals surface area contributed by atoms with E-state index in [0.717, 1.165) is 29.3 Å². The maximum absolute atomic E-state index is 12.1. The molecule has 0 heterocycles. The van der Waals surface area contributed by atoms with Crippen LogP contribution in [0.2, 0.25) is 0 Å². The van der Waals surface area contributed by atoms with Crippen molar-refractivity contribution in [1.82, 2.24) is 5.32 Å². The van der Waals surface area contributed by atoms with Crippen LogP contribution in [-0.2, 0) is 0 Å². The van der Waals surface area contributed by atoms with Gasteiger partial charge in [-0.25, -0.2) is 0 Å². The van der Waals surface area contributed by atoms with E-state index >= 15 is 0 Å². The molecule has 3 nitrogen and oxygen atoms in total. The number of nitrogens with one attached hydrogen (secondary N) is 1. The van der Waals surface area contributed by atoms with E-state index in [1.165, 1.54) is 0 Å². The van der Waals surface area contributed by atoms with Crippen molar-refractivity contribution in [2.24, 2.45) is 5.92 Å². The van der Waals surface area contributed by atoms with E-state index in [4.69, 9.17) is 0 Å². The summed E-state index contributed by atoms with van der Waals surface area (Å²) in [6.07, 6.45) is 2.47. The number of hydrogen-bond donors (Lipinski definition) is 2. The molecule has 1 amide bonds. The zero-order chi connectivity index (χ0) is 13.1. The van der Waals surface area contributed by atoms with E-state index in [9.17, 15) is 9.90 Å². The first-order valence-electron chi connectivity index (χ1n) is 6.29. The molecule has 2 unspecified atom stereocenters. The van der Waals surface area contributed by atoms with E-state index < -0.39 is 0 Å². The van der Waals surface area contributed by atoms with Crippen LogP contribution in [0.15, 0.2) is 22.7 Å². The van der Waals surface area contributed by atoms with E-state index in [1.54, 1.807) is 0 Å². The normalized spacial score (nSPS) is 23.1. The smallest absolute Gasteiger partial charge is 0.252 e. The first kappa shape index (κ1) is 13.6. The van der Waals surface area contributed by atoms with Gasteiger partial charge in [0.1, 0.15) is 0 Å². The van der Waals surface area contributed by atoms with Gasteiger partial charge in [-0.1, -0.05) is 12.1 Å². The van der Waals surface area contributed by atoms with Crippen LogP contribution in [0.5, 0.6) is 0 Å². The lowest BCUT2D eigenvalue weighted by atomic mass is 10.1. The zero-order valence-corrected chi connectivity index (χ0v) is 12.0. The highest BCUT2D eigenvalue weighted by Gasteiger charge is 2.23. The van der Waals surface area contributed by atoms with Gasteiger partial charge in [0.15, 0.2) is 0 Å². The maximum Gasteiger partial charge on any atom is 0.252 e. The third-order valence-corrected chi connectivity index (χ3v) is 4.55. The molecular formula is C14H18BrNO2. The second-order valence-corrected chi connectivity index (χ2v) is 5.77. The molecule has 2 atom stereocenters. The van der Waals surface area contributed by atoms with Gasteiger partial charge in [-0.15, -0.1) is 0 Å². The Bertz CT molecular complexity index is 447. The van der Waals surface area contributed by atoms with Crippen LogP contribution in [0, 0.1) is 12.8 Å². The monoisotopic (exact) mass is 311 g/mol. The maximum atomic E-state index is 12.1. The zero-order valence-electron chi connectivity index (χ0n) is 10.4. The molecule has 0 bridgehead atoms. The fraction of sp³-hybridized carbons (Fsp3) is 0.500. The SMILES string of the molecule is Cc1cccc(C(=O)NCC2CCC(O)C2)c1Br. The van der Waals surface area contributed by atoms with Gasteiger partial charge in [-0.2, -0.15) is 0 Å². The number of carbonyl (C=O) groups is 1. The van der Waals surface area contributed by atoms with Crippen LogP contribution in [0.25, 0.3) is 0 Å². The van der Waals surface area contributed by atoms with Crippen LogP contribution in [0.3, 0.4) is 0 Å². The van der Waals surface area contributed by atoms with Crippen molar-refractivity contribution in [3.63, 3.8) is 0 Å². The number of aliphatic hydroxyl groups is 1. The van der Waals surface area contributed by atoms with Gasteiger partial charge >= 0.3 is 0 Å². The number of aliphatic hydroxyl groups excluding tert-OH is 1. The molecule has 2 N–H and O–H groups in total. The van der Waals surface area contributed by atoms with Crippen LogP contribution in [-0.4, -0.2) is 23.7 Å². The predicted octanol–water partition coefficient (Wildman–Crippen LogP) is 2.65. The topological polar surface area (TPSA) is 49.3 Å². The molecular weight excluding hydrogens is 294 g/mol. The highest BCUT2D eigenvalue weighted by Crippen LogP contribution is 2.25. The Morgan fingerprint density at radius 2 is 2.28 bits per heavy atom. The number of benzene rings is 1. The summed E-state index contributed by atoms with van der Waals surface area (Å²) in [5, 5.41) is 12.4. The van der Waals surface area contributed by atoms with Crippen LogP contribution < -0.4 is 5.32 Å². The summed E-state index contributed by atoms with van der Waals surface area (Å²) >= 11 is 3.44. The molecule has 1 aromatic rings. The number of carbonyl (C=O) groups excluding carboxylic acids is 1. The van der Waals surface area contributed by atoms with Crippen LogP contribution >= 0.6 is 15.9 Å². The highest BCUT2D eigenvalue weighted by molar-refractivity contribution is 9.10. The van der Waals surface area contributed by atoms with E-state index in [0.29, 0.717) is 18.0 Å². The Morgan fingerprint density at radius 1 is 1.50 bits per heavy atom. The summed E-state index contributed by atoms with van der Waals surface area (Å²) in [4.78, 5) is 12.1. The van der Waals surface area contributed by atoms with Gasteiger partial charge in [-0.3, -0.25) is 4.79 Å². The van der Waals surface area contributed by atoms with E-state index in [1.807, 2.05) is 25.1 Å². The Labute approximate surface area is 116 Å². The second-order valence-electron chi connectivity index (χ2n) is 4.98. The molecule has 1 aromatic carbocycles. The minimum absolute atomic E-state index is 0.0491. The van der Waals surface area contributed by atoms with Crippen molar-refractivity contribution >= 4 is 21.8 Å². The van der Waals surface area contributed by atoms with E-state index in [-0.39, 0.29) is 12.0 Å². The fourth-order valence-corrected chi connectivity index (χ4v) is 2.83. The van der Waals surface area contributed by atoms with Gasteiger partial charge in [0.25, 0.3) is 5.91 Å². The lowest BCUT2D eigenvalue weighted by molar-refractivity contribution is 0.0944. The first-order valence-corrected chi connectivity index (χ1v) is 7.08. The first-order chi connectivity index (χ1) is 8.58. The molecule has 4 heteroatoms. The minimum atomic E-state index is -0.183. The third kappa shape index (κ3) is 3.12. The molecule has 2 rings (SSSR count). The Kier molecular flexibility index (Phi) is 4.40. The summed E-state index contributed by atoms with van der Waals surface area (Å²) in [7, 11) is 0. The van der Waals surface area contributed by atoms with Gasteiger partial charge < -0.3 is 10.4 Å². The standard InChI is InChI=1S/C14H18BrNO2/c1-9-3-2-4-12(13(9)15)14(18)16-8-10-5-6-11(17)7-10/h2-4,10-11,17H,5-8H2,1H3,(H,16,18). The van der Waals surface area contributed by atoms with Gasteiger partial charge in [0.2, 0.25) is 0 Å². The fourth-order valence-electron chi connectivity index (χ4n) is 2.39. The number of hydrogen-bond acceptors (Lipinski definition) is 2. The number of halogens is 1. The van der Waals surface area contributed by atoms with Gasteiger partial charge in [0, 0.05) is 11.0 Å². The summed E-state index contributed by atoms with van der Waals surface area (Å²) < 4.78 is 0.856. The Morgan fingerprint density at radius 3 is 2.94 bits per heavy atom. The molecule has 98 valence electrons. The molecule has 1 fully saturated rings. The molecule has 0 aliphatic heterocycles. The van der Waals surface area contributed by atoms with E-state index in [2.05, 4.69) is 21.2 Å². The average Bonchev–Trinajstić information content (AvgIpc) is 2.76. The predicted molar refractivity (Wildman–Crippen MR) is 74.6 cm³/mol. The molecule has 0 saturated heterocycles. The van der Waals surface area contributed by atoms with Crippen molar-refractivity contribution < 1.29 is 9.90 Å². The Balaban J connectivity index is 1.94. The van der Waals surface area contributed by atoms with Crippen molar-refractivity contribution in [3.05, 3.63) is 33.8 Å². The molecule has 1 aliphatic carbocycles. The van der Waals surface area contributed by atoms with Crippen LogP contribution in [0.1, 0.15) is 35.2 Å². The second kappa shape index (κ2) is 5.85. The summed E-state index contributed by atoms with van der Waals surface area (Å²) in [5.41, 5.74) is 1.73. The lowest BCUT2D eigenvalue weighted by Crippen LogP contribution is -2.29. The van der Waals surface area contributed by atoms with Crippen LogP contribution in [0.4, 0.5) is 0 Å². The lowest BCUT2D eigenvalue weighted by Gasteiger charge is -2.12. The quantitative estimate of drug-likeness (QED) is 0.901. The largest absolute Gasteiger partial charge is 0.393 e. The number of aryl methyl sites for hydroxylation is 1. The third-order valence-electron chi connectivity index (χ3n) is 3.50. The van der Waals surface area contributed by atoms with Crippen molar-refractivity contribution in [2.45, 2.75) is 32.3 Å². The molecule has 0 aromatic heterocycles. The minimum Gasteiger partial charge on any atom is -0.393 e. The van der Waals surface area contributed by atoms with Crippen molar-refractivity contribution in [1.29, 1.82) is 0 Å². The summed E-state index contributed by atoms with van der Waals surface area (Å²) in [6.45, 7) is 2.62. The summed E-state index contributed by atoms with van der Waals surface area (Å²) in [5.74, 6) is 0.361. The van der Waals surface area contributed by atoms with Gasteiger partial charge in [-0.05, 0) is 59.7 Å². The molecule has 0 spiro atoms. The van der Waals surface area contributed by atoms with Crippen molar-refractivity contribution in [2.75, 3.05) is 6.54 Å². The van der Waals surface area contributed by atoms with Gasteiger partial charge in [0.05, 0.1) is 11.7 Å². The molecule has 1 aliphatic rings. The number of rotatable bonds is 3.